The summed E-state index contributed by atoms with van der Waals surface area (Å²) in [6.07, 6.45) is 3.52. The number of nitrogens with one attached hydrogen (secondary N) is 2. The third-order valence-electron chi connectivity index (χ3n) is 4.86. The second-order valence-electron chi connectivity index (χ2n) is 7.27. The minimum atomic E-state index is -0.524. The zero-order chi connectivity index (χ0) is 22.2. The molecule has 2 aromatic carbocycles. The topological polar surface area (TPSA) is 79.3 Å². The summed E-state index contributed by atoms with van der Waals surface area (Å²) >= 11 is 0. The van der Waals surface area contributed by atoms with Gasteiger partial charge in [0.25, 0.3) is 0 Å². The van der Waals surface area contributed by atoms with Gasteiger partial charge < -0.3 is 20.1 Å². The first-order valence-corrected chi connectivity index (χ1v) is 9.99. The Morgan fingerprint density at radius 3 is 2.48 bits per heavy atom. The predicted molar refractivity (Wildman–Crippen MR) is 116 cm³/mol. The van der Waals surface area contributed by atoms with E-state index in [1.165, 1.54) is 12.1 Å². The van der Waals surface area contributed by atoms with Crippen LogP contribution in [0.25, 0.3) is 0 Å². The molecule has 1 unspecified atom stereocenters. The van der Waals surface area contributed by atoms with Crippen molar-refractivity contribution in [3.05, 3.63) is 89.8 Å². The number of carbonyl (C=O) groups excluding carboxylic acids is 2. The number of aromatic nitrogens is 2. The van der Waals surface area contributed by atoms with E-state index >= 15 is 0 Å². The van der Waals surface area contributed by atoms with Crippen LogP contribution in [0.3, 0.4) is 0 Å². The second-order valence-corrected chi connectivity index (χ2v) is 7.27. The molecule has 1 atom stereocenters. The maximum atomic E-state index is 13.3. The van der Waals surface area contributed by atoms with E-state index in [-0.39, 0.29) is 30.7 Å². The van der Waals surface area contributed by atoms with Crippen LogP contribution in [0, 0.1) is 5.82 Å². The molecule has 0 bridgehead atoms. The van der Waals surface area contributed by atoms with Gasteiger partial charge in [0.15, 0.2) is 0 Å². The standard InChI is InChI=1S/C23H26FN5O2/c1-28-15-14-25-22(28)21(18-8-10-19(24)11-9-18)27-20(30)12-13-26-23(31)29(2)16-17-6-4-3-5-7-17/h3-11,14-15,21H,12-13,16H2,1-2H3,(H,26,31)(H,27,30). The van der Waals surface area contributed by atoms with Gasteiger partial charge in [0.05, 0.1) is 0 Å². The SMILES string of the molecule is CN(Cc1ccccc1)C(=O)NCCC(=O)NC(c1ccc(F)cc1)c1nccn1C. The van der Waals surface area contributed by atoms with Crippen molar-refractivity contribution in [2.24, 2.45) is 7.05 Å². The number of hydrogen-bond donors (Lipinski definition) is 2. The largest absolute Gasteiger partial charge is 0.342 e. The van der Waals surface area contributed by atoms with Crippen LogP contribution < -0.4 is 10.6 Å². The molecule has 0 aliphatic rings. The Morgan fingerprint density at radius 2 is 1.84 bits per heavy atom. The Labute approximate surface area is 180 Å². The maximum Gasteiger partial charge on any atom is 0.317 e. The molecular formula is C23H26FN5O2. The molecule has 2 N–H and O–H groups in total. The monoisotopic (exact) mass is 423 g/mol. The highest BCUT2D eigenvalue weighted by molar-refractivity contribution is 5.78. The van der Waals surface area contributed by atoms with Crippen LogP contribution in [-0.4, -0.2) is 40.0 Å². The predicted octanol–water partition coefficient (Wildman–Crippen LogP) is 3.00. The first-order chi connectivity index (χ1) is 14.9. The highest BCUT2D eigenvalue weighted by Gasteiger charge is 2.21. The van der Waals surface area contributed by atoms with E-state index < -0.39 is 6.04 Å². The van der Waals surface area contributed by atoms with E-state index in [4.69, 9.17) is 0 Å². The zero-order valence-electron chi connectivity index (χ0n) is 17.6. The fourth-order valence-electron chi connectivity index (χ4n) is 3.19. The van der Waals surface area contributed by atoms with E-state index in [2.05, 4.69) is 15.6 Å². The first-order valence-electron chi connectivity index (χ1n) is 9.99. The van der Waals surface area contributed by atoms with Crippen molar-refractivity contribution in [1.29, 1.82) is 0 Å². The molecule has 0 saturated heterocycles. The van der Waals surface area contributed by atoms with Gasteiger partial charge in [-0.15, -0.1) is 0 Å². The Balaban J connectivity index is 1.54. The molecule has 0 aliphatic heterocycles. The lowest BCUT2D eigenvalue weighted by Gasteiger charge is -2.20. The van der Waals surface area contributed by atoms with E-state index in [9.17, 15) is 14.0 Å². The Morgan fingerprint density at radius 1 is 1.13 bits per heavy atom. The summed E-state index contributed by atoms with van der Waals surface area (Å²) in [7, 11) is 3.53. The van der Waals surface area contributed by atoms with Crippen molar-refractivity contribution < 1.29 is 14.0 Å². The van der Waals surface area contributed by atoms with Gasteiger partial charge in [-0.3, -0.25) is 4.79 Å². The molecule has 0 fully saturated rings. The fourth-order valence-corrected chi connectivity index (χ4v) is 3.19. The lowest BCUT2D eigenvalue weighted by Crippen LogP contribution is -2.39. The van der Waals surface area contributed by atoms with Crippen LogP contribution in [0.5, 0.6) is 0 Å². The molecule has 0 saturated carbocycles. The van der Waals surface area contributed by atoms with Crippen LogP contribution in [0.4, 0.5) is 9.18 Å². The molecule has 0 spiro atoms. The summed E-state index contributed by atoms with van der Waals surface area (Å²) < 4.78 is 15.1. The van der Waals surface area contributed by atoms with Crippen LogP contribution in [0.1, 0.15) is 29.4 Å². The van der Waals surface area contributed by atoms with E-state index in [1.807, 2.05) is 37.4 Å². The molecular weight excluding hydrogens is 397 g/mol. The van der Waals surface area contributed by atoms with Crippen molar-refractivity contribution in [3.63, 3.8) is 0 Å². The van der Waals surface area contributed by atoms with Crippen LogP contribution in [-0.2, 0) is 18.4 Å². The number of rotatable bonds is 8. The van der Waals surface area contributed by atoms with E-state index in [0.29, 0.717) is 12.4 Å². The lowest BCUT2D eigenvalue weighted by molar-refractivity contribution is -0.121. The Kier molecular flexibility index (Phi) is 7.37. The fraction of sp³-hybridized carbons (Fsp3) is 0.261. The van der Waals surface area contributed by atoms with Gasteiger partial charge in [-0.2, -0.15) is 0 Å². The minimum absolute atomic E-state index is 0.104. The molecule has 1 aromatic heterocycles. The number of halogens is 1. The second kappa shape index (κ2) is 10.4. The zero-order valence-corrected chi connectivity index (χ0v) is 17.6. The van der Waals surface area contributed by atoms with Gasteiger partial charge >= 0.3 is 6.03 Å². The molecule has 31 heavy (non-hydrogen) atoms. The molecule has 3 rings (SSSR count). The van der Waals surface area contributed by atoms with Gasteiger partial charge in [-0.25, -0.2) is 14.2 Å². The highest BCUT2D eigenvalue weighted by atomic mass is 19.1. The third kappa shape index (κ3) is 6.15. The lowest BCUT2D eigenvalue weighted by atomic mass is 10.1. The number of carbonyl (C=O) groups is 2. The summed E-state index contributed by atoms with van der Waals surface area (Å²) in [5.74, 6) is 0.0333. The minimum Gasteiger partial charge on any atom is -0.342 e. The van der Waals surface area contributed by atoms with Crippen LogP contribution in [0.2, 0.25) is 0 Å². The summed E-state index contributed by atoms with van der Waals surface area (Å²) in [5, 5.41) is 5.69. The normalized spacial score (nSPS) is 11.6. The molecule has 7 nitrogen and oxygen atoms in total. The van der Waals surface area contributed by atoms with Gasteiger partial charge in [0, 0.05) is 46.0 Å². The summed E-state index contributed by atoms with van der Waals surface area (Å²) in [6, 6.07) is 14.8. The number of amides is 3. The molecule has 162 valence electrons. The molecule has 8 heteroatoms. The smallest absolute Gasteiger partial charge is 0.317 e. The Hall–Kier alpha value is -3.68. The van der Waals surface area contributed by atoms with Gasteiger partial charge in [-0.1, -0.05) is 42.5 Å². The molecule has 0 aliphatic carbocycles. The maximum absolute atomic E-state index is 13.3. The van der Waals surface area contributed by atoms with Crippen molar-refractivity contribution in [3.8, 4) is 0 Å². The number of urea groups is 1. The van der Waals surface area contributed by atoms with Crippen molar-refractivity contribution in [2.45, 2.75) is 19.0 Å². The first kappa shape index (κ1) is 22.0. The number of benzene rings is 2. The molecule has 3 amide bonds. The number of imidazole rings is 1. The highest BCUT2D eigenvalue weighted by Crippen LogP contribution is 2.21. The van der Waals surface area contributed by atoms with Crippen molar-refractivity contribution >= 4 is 11.9 Å². The number of hydrogen-bond acceptors (Lipinski definition) is 3. The van der Waals surface area contributed by atoms with Crippen LogP contribution in [0.15, 0.2) is 67.0 Å². The Bertz CT molecular complexity index is 1000. The summed E-state index contributed by atoms with van der Waals surface area (Å²) in [6.45, 7) is 0.672. The third-order valence-corrected chi connectivity index (χ3v) is 4.86. The molecule has 3 aromatic rings. The molecule has 1 heterocycles. The van der Waals surface area contributed by atoms with E-state index in [0.717, 1.165) is 11.1 Å². The quantitative estimate of drug-likeness (QED) is 0.585. The van der Waals surface area contributed by atoms with Gasteiger partial charge in [-0.05, 0) is 23.3 Å². The average Bonchev–Trinajstić information content (AvgIpc) is 3.19. The summed E-state index contributed by atoms with van der Waals surface area (Å²) in [4.78, 5) is 30.7. The van der Waals surface area contributed by atoms with Gasteiger partial charge in [0.1, 0.15) is 17.7 Å². The van der Waals surface area contributed by atoms with Crippen molar-refractivity contribution in [2.75, 3.05) is 13.6 Å². The summed E-state index contributed by atoms with van der Waals surface area (Å²) in [5.41, 5.74) is 1.74. The molecule has 0 radical (unpaired) electrons. The van der Waals surface area contributed by atoms with E-state index in [1.54, 1.807) is 41.0 Å². The average molecular weight is 423 g/mol. The number of aryl methyl sites for hydroxylation is 1. The number of nitrogens with zero attached hydrogens (tertiary/aromatic N) is 3. The van der Waals surface area contributed by atoms with Crippen molar-refractivity contribution in [1.82, 2.24) is 25.1 Å². The van der Waals surface area contributed by atoms with Crippen LogP contribution >= 0.6 is 0 Å². The van der Waals surface area contributed by atoms with Gasteiger partial charge in [0.2, 0.25) is 5.91 Å².